The SMILES string of the molecule is CCOC(=O)C(Cc1ccccc1)(C[P+](=O)COS(C)(=O)=O)OCC. The number of esters is 1. The highest BCUT2D eigenvalue weighted by Crippen LogP contribution is 2.33. The smallest absolute Gasteiger partial charge is 0.371 e. The van der Waals surface area contributed by atoms with E-state index in [-0.39, 0.29) is 25.8 Å². The van der Waals surface area contributed by atoms with Gasteiger partial charge in [-0.3, -0.25) is 0 Å². The van der Waals surface area contributed by atoms with Crippen molar-refractivity contribution in [2.24, 2.45) is 0 Å². The fraction of sp³-hybridized carbons (Fsp3) is 0.562. The van der Waals surface area contributed by atoms with E-state index >= 15 is 0 Å². The summed E-state index contributed by atoms with van der Waals surface area (Å²) in [5, 5.41) is 0. The number of benzene rings is 1. The van der Waals surface area contributed by atoms with Gasteiger partial charge in [-0.2, -0.15) is 8.42 Å². The summed E-state index contributed by atoms with van der Waals surface area (Å²) in [5.74, 6) is -0.622. The summed E-state index contributed by atoms with van der Waals surface area (Å²) in [6.07, 6.45) is 0.346. The van der Waals surface area contributed by atoms with Gasteiger partial charge in [0, 0.05) is 13.0 Å². The predicted octanol–water partition coefficient (Wildman–Crippen LogP) is 2.33. The zero-order valence-corrected chi connectivity index (χ0v) is 16.3. The summed E-state index contributed by atoms with van der Waals surface area (Å²) in [7, 11) is -5.88. The zero-order valence-electron chi connectivity index (χ0n) is 14.6. The van der Waals surface area contributed by atoms with Gasteiger partial charge in [0.15, 0.2) is 6.16 Å². The minimum Gasteiger partial charge on any atom is -0.464 e. The summed E-state index contributed by atoms with van der Waals surface area (Å²) in [4.78, 5) is 12.6. The van der Waals surface area contributed by atoms with Crippen LogP contribution in [0.5, 0.6) is 0 Å². The third-order valence-corrected chi connectivity index (χ3v) is 5.24. The van der Waals surface area contributed by atoms with Gasteiger partial charge in [-0.25, -0.2) is 8.98 Å². The number of ether oxygens (including phenoxy) is 2. The number of hydrogen-bond acceptors (Lipinski definition) is 7. The lowest BCUT2D eigenvalue weighted by Gasteiger charge is -2.27. The van der Waals surface area contributed by atoms with Crippen LogP contribution in [0.15, 0.2) is 30.3 Å². The number of carbonyl (C=O) groups excluding carboxylic acids is 1. The monoisotopic (exact) mass is 391 g/mol. The summed E-state index contributed by atoms with van der Waals surface area (Å²) in [5.41, 5.74) is -0.642. The number of carbonyl (C=O) groups is 1. The van der Waals surface area contributed by atoms with Crippen LogP contribution >= 0.6 is 7.80 Å². The van der Waals surface area contributed by atoms with E-state index in [1.807, 2.05) is 30.3 Å². The Balaban J connectivity index is 3.06. The molecule has 140 valence electrons. The summed E-state index contributed by atoms with van der Waals surface area (Å²) < 4.78 is 49.9. The molecule has 0 radical (unpaired) electrons. The average molecular weight is 391 g/mol. The van der Waals surface area contributed by atoms with E-state index in [0.29, 0.717) is 0 Å². The highest BCUT2D eigenvalue weighted by molar-refractivity contribution is 7.86. The Morgan fingerprint density at radius 1 is 1.16 bits per heavy atom. The molecule has 0 bridgehead atoms. The highest BCUT2D eigenvalue weighted by atomic mass is 32.2. The Morgan fingerprint density at radius 3 is 2.32 bits per heavy atom. The maximum atomic E-state index is 12.6. The van der Waals surface area contributed by atoms with Crippen LogP contribution in [0.25, 0.3) is 0 Å². The van der Waals surface area contributed by atoms with Crippen LogP contribution in [-0.4, -0.2) is 52.0 Å². The molecule has 2 atom stereocenters. The Hall–Kier alpha value is -1.34. The molecule has 0 heterocycles. The van der Waals surface area contributed by atoms with Crippen molar-refractivity contribution in [2.75, 3.05) is 32.0 Å². The second-order valence-electron chi connectivity index (χ2n) is 5.40. The van der Waals surface area contributed by atoms with Crippen molar-refractivity contribution in [3.8, 4) is 0 Å². The largest absolute Gasteiger partial charge is 0.464 e. The quantitative estimate of drug-likeness (QED) is 0.324. The first-order valence-electron chi connectivity index (χ1n) is 7.84. The van der Waals surface area contributed by atoms with Gasteiger partial charge in [0.05, 0.1) is 12.9 Å². The second kappa shape index (κ2) is 9.97. The van der Waals surface area contributed by atoms with Crippen LogP contribution in [0.4, 0.5) is 0 Å². The molecule has 1 aromatic rings. The Labute approximate surface area is 149 Å². The molecule has 2 unspecified atom stereocenters. The van der Waals surface area contributed by atoms with Crippen LogP contribution in [0.2, 0.25) is 0 Å². The standard InChI is InChI=1S/C16H24O7PS/c1-4-21-15(17)16(22-5-2,11-14-9-7-6-8-10-14)12-24(18)13-23-25(3,19)20/h6-10H,4-5,11-13H2,1-3H3/q+1. The van der Waals surface area contributed by atoms with Crippen molar-refractivity contribution >= 4 is 23.9 Å². The van der Waals surface area contributed by atoms with Crippen LogP contribution in [-0.2, 0) is 39.6 Å². The lowest BCUT2D eigenvalue weighted by atomic mass is 9.96. The van der Waals surface area contributed by atoms with E-state index in [1.165, 1.54) is 0 Å². The Morgan fingerprint density at radius 2 is 1.80 bits per heavy atom. The summed E-state index contributed by atoms with van der Waals surface area (Å²) in [6.45, 7) is 3.75. The normalized spacial score (nSPS) is 14.6. The molecule has 1 rings (SSSR count). The van der Waals surface area contributed by atoms with Crippen molar-refractivity contribution in [1.82, 2.24) is 0 Å². The van der Waals surface area contributed by atoms with Gasteiger partial charge in [-0.1, -0.05) is 34.9 Å². The minimum absolute atomic E-state index is 0.152. The number of hydrogen-bond donors (Lipinski definition) is 0. The molecule has 0 amide bonds. The molecule has 0 N–H and O–H groups in total. The topological polar surface area (TPSA) is 96.0 Å². The highest BCUT2D eigenvalue weighted by Gasteiger charge is 2.48. The Kier molecular flexibility index (Phi) is 8.65. The third kappa shape index (κ3) is 7.61. The maximum absolute atomic E-state index is 12.6. The van der Waals surface area contributed by atoms with Crippen molar-refractivity contribution in [1.29, 1.82) is 0 Å². The van der Waals surface area contributed by atoms with E-state index < -0.39 is 35.8 Å². The molecule has 25 heavy (non-hydrogen) atoms. The second-order valence-corrected chi connectivity index (χ2v) is 8.58. The fourth-order valence-electron chi connectivity index (χ4n) is 2.30. The van der Waals surface area contributed by atoms with E-state index in [0.717, 1.165) is 11.8 Å². The van der Waals surface area contributed by atoms with Gasteiger partial charge >= 0.3 is 13.8 Å². The lowest BCUT2D eigenvalue weighted by Crippen LogP contribution is -2.47. The van der Waals surface area contributed by atoms with Gasteiger partial charge in [0.1, 0.15) is 0 Å². The molecular formula is C16H24O7PS+. The molecule has 0 aromatic heterocycles. The third-order valence-electron chi connectivity index (χ3n) is 3.24. The predicted molar refractivity (Wildman–Crippen MR) is 94.4 cm³/mol. The molecule has 0 spiro atoms. The molecule has 0 aliphatic carbocycles. The lowest BCUT2D eigenvalue weighted by molar-refractivity contribution is -0.168. The van der Waals surface area contributed by atoms with Gasteiger partial charge in [0.2, 0.25) is 5.60 Å². The molecular weight excluding hydrogens is 367 g/mol. The fourth-order valence-corrected chi connectivity index (χ4v) is 4.53. The van der Waals surface area contributed by atoms with Crippen molar-refractivity contribution in [2.45, 2.75) is 25.9 Å². The van der Waals surface area contributed by atoms with E-state index in [2.05, 4.69) is 4.18 Å². The molecule has 9 heteroatoms. The van der Waals surface area contributed by atoms with Crippen LogP contribution < -0.4 is 0 Å². The van der Waals surface area contributed by atoms with Gasteiger partial charge in [-0.05, 0) is 19.4 Å². The number of rotatable bonds is 11. The first-order chi connectivity index (χ1) is 11.7. The molecule has 0 saturated heterocycles. The maximum Gasteiger partial charge on any atom is 0.371 e. The molecule has 0 aliphatic heterocycles. The van der Waals surface area contributed by atoms with Crippen molar-refractivity contribution in [3.05, 3.63) is 35.9 Å². The van der Waals surface area contributed by atoms with Gasteiger partial charge in [-0.15, -0.1) is 0 Å². The molecule has 0 saturated carbocycles. The van der Waals surface area contributed by atoms with Crippen molar-refractivity contribution in [3.63, 3.8) is 0 Å². The first-order valence-corrected chi connectivity index (χ1v) is 11.3. The van der Waals surface area contributed by atoms with Crippen LogP contribution in [0.3, 0.4) is 0 Å². The molecule has 7 nitrogen and oxygen atoms in total. The zero-order chi connectivity index (χ0) is 18.9. The average Bonchev–Trinajstić information content (AvgIpc) is 2.53. The van der Waals surface area contributed by atoms with E-state index in [1.54, 1.807) is 13.8 Å². The van der Waals surface area contributed by atoms with Crippen LogP contribution in [0.1, 0.15) is 19.4 Å². The van der Waals surface area contributed by atoms with E-state index in [4.69, 9.17) is 9.47 Å². The van der Waals surface area contributed by atoms with Crippen molar-refractivity contribution < 1.29 is 31.4 Å². The minimum atomic E-state index is -3.72. The van der Waals surface area contributed by atoms with E-state index in [9.17, 15) is 17.8 Å². The molecule has 1 aromatic carbocycles. The summed E-state index contributed by atoms with van der Waals surface area (Å²) >= 11 is 0. The van der Waals surface area contributed by atoms with Gasteiger partial charge in [0.25, 0.3) is 16.5 Å². The van der Waals surface area contributed by atoms with Crippen LogP contribution in [0, 0.1) is 0 Å². The summed E-state index contributed by atoms with van der Waals surface area (Å²) in [6, 6.07) is 9.14. The van der Waals surface area contributed by atoms with Gasteiger partial charge < -0.3 is 9.47 Å². The Bertz CT molecular complexity index is 675. The molecule has 0 fully saturated rings. The molecule has 0 aliphatic rings. The first kappa shape index (κ1) is 21.7.